The smallest absolute Gasteiger partial charge is 0.437 e. The van der Waals surface area contributed by atoms with Crippen LogP contribution in [0.1, 0.15) is 121 Å². The van der Waals surface area contributed by atoms with E-state index in [1.54, 1.807) is 95.3 Å². The summed E-state index contributed by atoms with van der Waals surface area (Å²) in [5.41, 5.74) is 0.923. The molecule has 12 nitrogen and oxygen atoms in total. The van der Waals surface area contributed by atoms with E-state index in [0.29, 0.717) is 34.6 Å². The molecule has 2 aromatic carbocycles. The van der Waals surface area contributed by atoms with Crippen LogP contribution in [-0.2, 0) is 21.4 Å². The minimum Gasteiger partial charge on any atom is -0.444 e. The van der Waals surface area contributed by atoms with Crippen molar-refractivity contribution in [2.45, 2.75) is 119 Å². The molecule has 0 saturated heterocycles. The monoisotopic (exact) mass is 785 g/mol. The maximum Gasteiger partial charge on any atom is 0.437 e. The molecule has 4 aromatic rings. The van der Waals surface area contributed by atoms with Crippen molar-refractivity contribution in [3.8, 4) is 5.75 Å². The van der Waals surface area contributed by atoms with E-state index in [2.05, 4.69) is 75.5 Å². The Morgan fingerprint density at radius 1 is 0.821 bits per heavy atom. The Hall–Kier alpha value is -5.30. The molecule has 0 fully saturated rings. The van der Waals surface area contributed by atoms with E-state index >= 15 is 0 Å². The predicted molar refractivity (Wildman–Crippen MR) is 222 cm³/mol. The molecule has 0 saturated carbocycles. The number of carbonyl (C=O) groups is 4. The average Bonchev–Trinajstić information content (AvgIpc) is 3.54. The Morgan fingerprint density at radius 2 is 1.46 bits per heavy atom. The van der Waals surface area contributed by atoms with Gasteiger partial charge in [0, 0.05) is 28.5 Å². The van der Waals surface area contributed by atoms with E-state index in [9.17, 15) is 19.2 Å². The summed E-state index contributed by atoms with van der Waals surface area (Å²) < 4.78 is 16.2. The number of benzene rings is 2. The number of alkyl carbamates (subject to hydrolysis) is 1. The minimum atomic E-state index is -0.925. The Labute approximate surface area is 334 Å². The predicted octanol–water partition coefficient (Wildman–Crippen LogP) is 10.1. The van der Waals surface area contributed by atoms with Crippen LogP contribution in [0.25, 0.3) is 10.9 Å². The third kappa shape index (κ3) is 12.6. The van der Waals surface area contributed by atoms with Crippen LogP contribution in [0, 0.1) is 5.41 Å². The molecule has 13 heteroatoms. The number of hydrogen-bond donors (Lipinski definition) is 2. The molecule has 0 bridgehead atoms. The summed E-state index contributed by atoms with van der Waals surface area (Å²) in [5, 5.41) is 8.10. The number of anilines is 1. The maximum atomic E-state index is 14.1. The number of carbonyl (C=O) groups excluding carboxylic acids is 4. The van der Waals surface area contributed by atoms with Gasteiger partial charge in [0.15, 0.2) is 0 Å². The highest BCUT2D eigenvalue weighted by Gasteiger charge is 2.32. The number of fused-ring (bicyclic) bond motifs is 1. The van der Waals surface area contributed by atoms with Crippen molar-refractivity contribution in [1.29, 1.82) is 0 Å². The maximum absolute atomic E-state index is 14.1. The Morgan fingerprint density at radius 3 is 2.04 bits per heavy atom. The molecule has 2 aromatic heterocycles. The van der Waals surface area contributed by atoms with Crippen molar-refractivity contribution in [1.82, 2.24) is 15.2 Å². The first-order valence-corrected chi connectivity index (χ1v) is 19.4. The van der Waals surface area contributed by atoms with Crippen LogP contribution in [-0.4, -0.2) is 57.2 Å². The number of aromatic nitrogens is 1. The molecule has 3 amide bonds. The van der Waals surface area contributed by atoms with Gasteiger partial charge in [-0.2, -0.15) is 0 Å². The highest BCUT2D eigenvalue weighted by atomic mass is 32.1. The summed E-state index contributed by atoms with van der Waals surface area (Å²) in [7, 11) is 0. The van der Waals surface area contributed by atoms with Gasteiger partial charge in [0.1, 0.15) is 22.6 Å². The summed E-state index contributed by atoms with van der Waals surface area (Å²) in [4.78, 5) is 63.8. The molecule has 0 aliphatic carbocycles. The normalized spacial score (nSPS) is 13.1. The number of nitrogens with one attached hydrogen (secondary N) is 2. The number of aliphatic imine (C=N–C) groups is 1. The van der Waals surface area contributed by atoms with Gasteiger partial charge < -0.3 is 24.4 Å². The number of nitrogens with zero attached hydrogens (tertiary/aromatic N) is 3. The number of amides is 3. The molecule has 0 radical (unpaired) electrons. The van der Waals surface area contributed by atoms with Crippen LogP contribution in [0.2, 0.25) is 0 Å². The number of thiophene rings is 1. The second-order valence-corrected chi connectivity index (χ2v) is 18.7. The summed E-state index contributed by atoms with van der Waals surface area (Å²) in [6, 6.07) is 16.8. The number of esters is 1. The van der Waals surface area contributed by atoms with Crippen LogP contribution < -0.4 is 15.4 Å². The van der Waals surface area contributed by atoms with Crippen molar-refractivity contribution in [2.24, 2.45) is 10.4 Å². The van der Waals surface area contributed by atoms with Gasteiger partial charge in [-0.3, -0.25) is 10.1 Å². The SMILES string of the molecule is C[C@H](N(Cc1csc(C(C)(C)C)c1)C(=O)c1ccc2cc(OC(=O)c3ccc(N/C(=N\C(=O)OC(C)(C)C)NC(=O)OC(C)(C)C)cc3)ccc2n1)C(C)(C)C. The van der Waals surface area contributed by atoms with E-state index in [1.807, 2.05) is 4.90 Å². The summed E-state index contributed by atoms with van der Waals surface area (Å²) in [6.45, 7) is 25.7. The first-order chi connectivity index (χ1) is 25.8. The quantitative estimate of drug-likeness (QED) is 0.0808. The molecule has 56 heavy (non-hydrogen) atoms. The lowest BCUT2D eigenvalue weighted by Crippen LogP contribution is -2.45. The summed E-state index contributed by atoms with van der Waals surface area (Å²) in [5.74, 6) is -0.698. The van der Waals surface area contributed by atoms with Gasteiger partial charge in [0.05, 0.1) is 11.1 Å². The number of rotatable bonds is 7. The lowest BCUT2D eigenvalue weighted by atomic mass is 9.86. The van der Waals surface area contributed by atoms with Crippen LogP contribution in [0.5, 0.6) is 5.75 Å². The summed E-state index contributed by atoms with van der Waals surface area (Å²) in [6.07, 6.45) is -1.76. The van der Waals surface area contributed by atoms with E-state index < -0.39 is 29.4 Å². The lowest BCUT2D eigenvalue weighted by Gasteiger charge is -2.37. The Bertz CT molecular complexity index is 2100. The zero-order valence-corrected chi connectivity index (χ0v) is 35.6. The second kappa shape index (κ2) is 16.8. The molecule has 0 aliphatic rings. The topological polar surface area (TPSA) is 149 Å². The van der Waals surface area contributed by atoms with Gasteiger partial charge in [0.2, 0.25) is 5.96 Å². The Balaban J connectivity index is 1.48. The fraction of sp³-hybridized carbons (Fsp3) is 0.442. The first kappa shape index (κ1) is 43.4. The summed E-state index contributed by atoms with van der Waals surface area (Å²) >= 11 is 1.71. The van der Waals surface area contributed by atoms with Crippen LogP contribution in [0.15, 0.2) is 71.0 Å². The first-order valence-electron chi connectivity index (χ1n) is 18.5. The molecule has 0 unspecified atom stereocenters. The van der Waals surface area contributed by atoms with E-state index in [4.69, 9.17) is 19.2 Å². The minimum absolute atomic E-state index is 0.0257. The van der Waals surface area contributed by atoms with Gasteiger partial charge in [-0.05, 0) is 125 Å². The highest BCUT2D eigenvalue weighted by Crippen LogP contribution is 2.32. The van der Waals surface area contributed by atoms with Crippen molar-refractivity contribution < 1.29 is 33.4 Å². The molecular formula is C43H55N5O7S. The van der Waals surface area contributed by atoms with E-state index in [-0.39, 0.29) is 34.3 Å². The van der Waals surface area contributed by atoms with Crippen molar-refractivity contribution in [2.75, 3.05) is 5.32 Å². The fourth-order valence-electron chi connectivity index (χ4n) is 5.19. The zero-order valence-electron chi connectivity index (χ0n) is 34.7. The largest absolute Gasteiger partial charge is 0.444 e. The van der Waals surface area contributed by atoms with Gasteiger partial charge >= 0.3 is 18.2 Å². The van der Waals surface area contributed by atoms with Gasteiger partial charge in [-0.25, -0.2) is 19.4 Å². The van der Waals surface area contributed by atoms with Crippen molar-refractivity contribution >= 4 is 57.9 Å². The second-order valence-electron chi connectivity index (χ2n) is 17.8. The molecule has 2 heterocycles. The molecule has 0 spiro atoms. The van der Waals surface area contributed by atoms with Crippen LogP contribution in [0.4, 0.5) is 15.3 Å². The van der Waals surface area contributed by atoms with Gasteiger partial charge in [0.25, 0.3) is 5.91 Å². The highest BCUT2D eigenvalue weighted by molar-refractivity contribution is 7.10. The lowest BCUT2D eigenvalue weighted by molar-refractivity contribution is 0.0522. The van der Waals surface area contributed by atoms with Gasteiger partial charge in [-0.1, -0.05) is 47.6 Å². The zero-order chi connectivity index (χ0) is 41.8. The van der Waals surface area contributed by atoms with E-state index in [1.165, 1.54) is 17.0 Å². The number of ether oxygens (including phenoxy) is 3. The molecule has 4 rings (SSSR count). The number of guanidine groups is 1. The molecule has 0 aliphatic heterocycles. The molecular weight excluding hydrogens is 731 g/mol. The third-order valence-electron chi connectivity index (χ3n) is 8.42. The molecule has 300 valence electrons. The molecule has 1 atom stereocenters. The number of pyridine rings is 1. The molecule has 2 N–H and O–H groups in total. The fourth-order valence-corrected chi connectivity index (χ4v) is 6.18. The van der Waals surface area contributed by atoms with Crippen molar-refractivity contribution in [3.63, 3.8) is 0 Å². The standard InChI is InChI=1S/C43H55N5O7S/c1-26(40(2,3)4)48(24-27-22-34(56-25-27)41(5,6)7)35(49)33-20-16-29-23-31(19-21-32(29)45-33)53-36(50)28-14-17-30(18-15-28)44-37(46-38(51)54-42(8,9)10)47-39(52)55-43(11,12)13/h14-23,25-26H,24H2,1-13H3,(H2,44,46,47,51,52)/t26-/m0/s1. The number of hydrogen-bond acceptors (Lipinski definition) is 9. The Kier molecular flexibility index (Phi) is 13.0. The van der Waals surface area contributed by atoms with Crippen molar-refractivity contribution in [3.05, 3.63) is 87.7 Å². The van der Waals surface area contributed by atoms with Crippen LogP contribution in [0.3, 0.4) is 0 Å². The third-order valence-corrected chi connectivity index (χ3v) is 9.82. The average molecular weight is 786 g/mol. The van der Waals surface area contributed by atoms with Gasteiger partial charge in [-0.15, -0.1) is 16.3 Å². The van der Waals surface area contributed by atoms with E-state index in [0.717, 1.165) is 5.56 Å². The van der Waals surface area contributed by atoms with Crippen LogP contribution >= 0.6 is 11.3 Å².